The summed E-state index contributed by atoms with van der Waals surface area (Å²) in [5.74, 6) is 0.154. The van der Waals surface area contributed by atoms with Crippen molar-refractivity contribution in [2.24, 2.45) is 4.99 Å². The first-order valence-electron chi connectivity index (χ1n) is 11.9. The van der Waals surface area contributed by atoms with Crippen LogP contribution < -0.4 is 19.6 Å². The molecule has 0 saturated heterocycles. The van der Waals surface area contributed by atoms with E-state index >= 15 is 0 Å². The fourth-order valence-electron chi connectivity index (χ4n) is 4.14. The predicted molar refractivity (Wildman–Crippen MR) is 140 cm³/mol. The van der Waals surface area contributed by atoms with Crippen LogP contribution in [-0.4, -0.2) is 29.2 Å². The molecule has 192 valence electrons. The number of esters is 1. The van der Waals surface area contributed by atoms with E-state index in [1.54, 1.807) is 25.1 Å². The standard InChI is InChI=1S/C27H27N3O6S/c1-4-5-6-15-36-21-13-9-19(10-14-21)24-23(26(32)35-3)17(2)28-27-29(24)25(31)22(37-27)16-18-7-11-20(12-8-18)30(33)34/h7-14,16,24H,4-6,15H2,1-3H3. The first-order valence-corrected chi connectivity index (χ1v) is 12.7. The summed E-state index contributed by atoms with van der Waals surface area (Å²) in [6.07, 6.45) is 4.84. The Morgan fingerprint density at radius 3 is 2.49 bits per heavy atom. The van der Waals surface area contributed by atoms with Gasteiger partial charge in [-0.1, -0.05) is 43.2 Å². The fourth-order valence-corrected chi connectivity index (χ4v) is 5.19. The van der Waals surface area contributed by atoms with Crippen molar-refractivity contribution in [3.05, 3.63) is 101 Å². The van der Waals surface area contributed by atoms with Gasteiger partial charge in [0.15, 0.2) is 4.80 Å². The zero-order valence-electron chi connectivity index (χ0n) is 20.8. The summed E-state index contributed by atoms with van der Waals surface area (Å²) in [4.78, 5) is 41.8. The molecule has 1 aromatic heterocycles. The van der Waals surface area contributed by atoms with Gasteiger partial charge in [0.2, 0.25) is 0 Å². The van der Waals surface area contributed by atoms with Gasteiger partial charge >= 0.3 is 5.97 Å². The average molecular weight is 522 g/mol. The highest BCUT2D eigenvalue weighted by Crippen LogP contribution is 2.31. The minimum absolute atomic E-state index is 0.0326. The summed E-state index contributed by atoms with van der Waals surface area (Å²) < 4.78 is 12.8. The largest absolute Gasteiger partial charge is 0.494 e. The fraction of sp³-hybridized carbons (Fsp3) is 0.296. The number of hydrogen-bond acceptors (Lipinski definition) is 8. The number of methoxy groups -OCH3 is 1. The van der Waals surface area contributed by atoms with Crippen LogP contribution in [0.3, 0.4) is 0 Å². The van der Waals surface area contributed by atoms with Crippen molar-refractivity contribution in [1.29, 1.82) is 0 Å². The lowest BCUT2D eigenvalue weighted by Crippen LogP contribution is -2.39. The van der Waals surface area contributed by atoms with Crippen LogP contribution in [-0.2, 0) is 9.53 Å². The molecule has 0 aliphatic carbocycles. The molecule has 1 aliphatic heterocycles. The third-order valence-electron chi connectivity index (χ3n) is 6.04. The van der Waals surface area contributed by atoms with Crippen LogP contribution in [0.2, 0.25) is 0 Å². The van der Waals surface area contributed by atoms with Crippen molar-refractivity contribution in [3.63, 3.8) is 0 Å². The molecule has 3 aromatic rings. The van der Waals surface area contributed by atoms with Gasteiger partial charge in [-0.05, 0) is 54.8 Å². The minimum atomic E-state index is -0.725. The summed E-state index contributed by atoms with van der Waals surface area (Å²) in [5.41, 5.74) is 1.77. The van der Waals surface area contributed by atoms with Crippen LogP contribution in [0.4, 0.5) is 5.69 Å². The van der Waals surface area contributed by atoms with E-state index in [-0.39, 0.29) is 16.8 Å². The topological polar surface area (TPSA) is 113 Å². The first-order chi connectivity index (χ1) is 17.8. The second kappa shape index (κ2) is 11.3. The molecule has 1 unspecified atom stereocenters. The molecular weight excluding hydrogens is 494 g/mol. The molecule has 1 atom stereocenters. The Balaban J connectivity index is 1.77. The molecule has 10 heteroatoms. The Labute approximate surface area is 217 Å². The second-order valence-corrected chi connectivity index (χ2v) is 9.56. The molecule has 2 aromatic carbocycles. The summed E-state index contributed by atoms with van der Waals surface area (Å²) in [5, 5.41) is 11.0. The van der Waals surface area contributed by atoms with Gasteiger partial charge in [-0.3, -0.25) is 19.5 Å². The number of fused-ring (bicyclic) bond motifs is 1. The number of aromatic nitrogens is 1. The van der Waals surface area contributed by atoms with Crippen LogP contribution in [0.15, 0.2) is 69.6 Å². The van der Waals surface area contributed by atoms with E-state index in [1.165, 1.54) is 35.1 Å². The monoisotopic (exact) mass is 521 g/mol. The number of unbranched alkanes of at least 4 members (excludes halogenated alkanes) is 2. The quantitative estimate of drug-likeness (QED) is 0.183. The van der Waals surface area contributed by atoms with Crippen molar-refractivity contribution in [1.82, 2.24) is 4.57 Å². The Hall–Kier alpha value is -4.05. The Morgan fingerprint density at radius 2 is 1.86 bits per heavy atom. The van der Waals surface area contributed by atoms with Crippen molar-refractivity contribution >= 4 is 29.1 Å². The number of allylic oxidation sites excluding steroid dienone is 1. The SMILES string of the molecule is CCCCCOc1ccc(C2C(C(=O)OC)=C(C)N=c3sc(=Cc4ccc([N+](=O)[O-])cc4)c(=O)n32)cc1. The highest BCUT2D eigenvalue weighted by atomic mass is 32.1. The molecule has 0 amide bonds. The number of carbonyl (C=O) groups is 1. The van der Waals surface area contributed by atoms with Crippen LogP contribution in [0.25, 0.3) is 6.08 Å². The van der Waals surface area contributed by atoms with Gasteiger partial charge in [-0.15, -0.1) is 0 Å². The van der Waals surface area contributed by atoms with E-state index in [9.17, 15) is 19.7 Å². The summed E-state index contributed by atoms with van der Waals surface area (Å²) in [6.45, 7) is 4.48. The van der Waals surface area contributed by atoms with Crippen LogP contribution in [0.1, 0.15) is 50.3 Å². The van der Waals surface area contributed by atoms with Crippen LogP contribution in [0, 0.1) is 10.1 Å². The van der Waals surface area contributed by atoms with E-state index < -0.39 is 16.9 Å². The van der Waals surface area contributed by atoms with Gasteiger partial charge in [-0.2, -0.15) is 0 Å². The van der Waals surface area contributed by atoms with Gasteiger partial charge in [0.05, 0.1) is 40.5 Å². The van der Waals surface area contributed by atoms with E-state index in [2.05, 4.69) is 11.9 Å². The highest BCUT2D eigenvalue weighted by Gasteiger charge is 2.33. The van der Waals surface area contributed by atoms with Crippen molar-refractivity contribution in [2.75, 3.05) is 13.7 Å². The minimum Gasteiger partial charge on any atom is -0.494 e. The third-order valence-corrected chi connectivity index (χ3v) is 7.02. The first kappa shape index (κ1) is 26.0. The lowest BCUT2D eigenvalue weighted by molar-refractivity contribution is -0.384. The molecule has 0 bridgehead atoms. The number of benzene rings is 2. The zero-order valence-corrected chi connectivity index (χ0v) is 21.6. The maximum atomic E-state index is 13.6. The Kier molecular flexibility index (Phi) is 7.98. The second-order valence-electron chi connectivity index (χ2n) is 8.55. The van der Waals surface area contributed by atoms with Gasteiger partial charge in [0.25, 0.3) is 11.2 Å². The number of nitrogens with zero attached hydrogens (tertiary/aromatic N) is 3. The maximum Gasteiger partial charge on any atom is 0.338 e. The summed E-state index contributed by atoms with van der Waals surface area (Å²) >= 11 is 1.19. The molecule has 0 saturated carbocycles. The van der Waals surface area contributed by atoms with E-state index in [0.717, 1.165) is 24.8 Å². The summed E-state index contributed by atoms with van der Waals surface area (Å²) in [7, 11) is 1.30. The number of ether oxygens (including phenoxy) is 2. The van der Waals surface area contributed by atoms with Gasteiger partial charge < -0.3 is 9.47 Å². The summed E-state index contributed by atoms with van der Waals surface area (Å²) in [6, 6.07) is 12.6. The molecule has 0 N–H and O–H groups in total. The van der Waals surface area contributed by atoms with Crippen LogP contribution >= 0.6 is 11.3 Å². The average Bonchev–Trinajstić information content (AvgIpc) is 3.20. The molecule has 37 heavy (non-hydrogen) atoms. The van der Waals surface area contributed by atoms with E-state index in [1.807, 2.05) is 24.3 Å². The Bertz CT molecular complexity index is 1520. The number of nitro groups is 1. The predicted octanol–water partition coefficient (Wildman–Crippen LogP) is 3.89. The number of non-ortho nitro benzene ring substituents is 1. The number of nitro benzene ring substituents is 1. The normalized spacial score (nSPS) is 15.2. The number of carbonyl (C=O) groups excluding carboxylic acids is 1. The molecule has 4 rings (SSSR count). The lowest BCUT2D eigenvalue weighted by Gasteiger charge is -2.24. The van der Waals surface area contributed by atoms with Gasteiger partial charge in [0, 0.05) is 12.1 Å². The molecular formula is C27H27N3O6S. The highest BCUT2D eigenvalue weighted by molar-refractivity contribution is 7.07. The smallest absolute Gasteiger partial charge is 0.338 e. The molecule has 0 spiro atoms. The van der Waals surface area contributed by atoms with E-state index in [4.69, 9.17) is 9.47 Å². The number of rotatable bonds is 9. The van der Waals surface area contributed by atoms with Crippen molar-refractivity contribution in [3.8, 4) is 5.75 Å². The lowest BCUT2D eigenvalue weighted by atomic mass is 9.96. The van der Waals surface area contributed by atoms with E-state index in [0.29, 0.717) is 33.0 Å². The van der Waals surface area contributed by atoms with Gasteiger partial charge in [-0.25, -0.2) is 9.79 Å². The molecule has 1 aliphatic rings. The number of hydrogen-bond donors (Lipinski definition) is 0. The van der Waals surface area contributed by atoms with Gasteiger partial charge in [0.1, 0.15) is 5.75 Å². The molecule has 0 radical (unpaired) electrons. The maximum absolute atomic E-state index is 13.6. The van der Waals surface area contributed by atoms with Crippen molar-refractivity contribution < 1.29 is 19.2 Å². The third kappa shape index (κ3) is 5.54. The number of thiazole rings is 1. The molecule has 9 nitrogen and oxygen atoms in total. The van der Waals surface area contributed by atoms with Crippen LogP contribution in [0.5, 0.6) is 5.75 Å². The van der Waals surface area contributed by atoms with Crippen molar-refractivity contribution in [2.45, 2.75) is 39.2 Å². The zero-order chi connectivity index (χ0) is 26.5. The Morgan fingerprint density at radius 1 is 1.16 bits per heavy atom. The molecule has 2 heterocycles. The molecule has 0 fully saturated rings.